The van der Waals surface area contributed by atoms with Crippen LogP contribution >= 0.6 is 46.4 Å². The molecule has 0 saturated heterocycles. The molecule has 0 fully saturated rings. The summed E-state index contributed by atoms with van der Waals surface area (Å²) >= 11 is 24.1. The number of aromatic amines is 1. The molecule has 0 spiro atoms. The molecule has 0 radical (unpaired) electrons. The van der Waals surface area contributed by atoms with Crippen LogP contribution < -0.4 is 5.73 Å². The second-order valence-electron chi connectivity index (χ2n) is 4.19. The Hall–Kier alpha value is -1.13. The molecule has 3 rings (SSSR count). The SMILES string of the molecule is Nc1c(Cl)ccc(Cl)c1-c1nc2cc(Cl)c(Cl)cc2[nH]1. The Morgan fingerprint density at radius 2 is 1.55 bits per heavy atom. The number of hydrogen-bond donors (Lipinski definition) is 2. The second kappa shape index (κ2) is 5.01. The van der Waals surface area contributed by atoms with Gasteiger partial charge in [-0.25, -0.2) is 4.98 Å². The predicted molar refractivity (Wildman–Crippen MR) is 86.0 cm³/mol. The largest absolute Gasteiger partial charge is 0.397 e. The Kier molecular flexibility index (Phi) is 3.46. The first-order valence-electron chi connectivity index (χ1n) is 5.56. The van der Waals surface area contributed by atoms with E-state index in [1.54, 1.807) is 24.3 Å². The van der Waals surface area contributed by atoms with Crippen LogP contribution in [0.5, 0.6) is 0 Å². The zero-order chi connectivity index (χ0) is 14.4. The van der Waals surface area contributed by atoms with Gasteiger partial charge in [-0.05, 0) is 24.3 Å². The number of nitrogen functional groups attached to an aromatic ring is 1. The fourth-order valence-corrected chi connectivity index (χ4v) is 2.66. The van der Waals surface area contributed by atoms with Crippen LogP contribution in [0.1, 0.15) is 0 Å². The van der Waals surface area contributed by atoms with E-state index in [1.165, 1.54) is 0 Å². The lowest BCUT2D eigenvalue weighted by Gasteiger charge is -2.06. The van der Waals surface area contributed by atoms with Crippen molar-refractivity contribution in [3.63, 3.8) is 0 Å². The molecule has 0 amide bonds. The number of nitrogens with two attached hydrogens (primary N) is 1. The van der Waals surface area contributed by atoms with E-state index in [0.29, 0.717) is 42.7 Å². The minimum absolute atomic E-state index is 0.371. The van der Waals surface area contributed by atoms with Gasteiger partial charge >= 0.3 is 0 Å². The van der Waals surface area contributed by atoms with Gasteiger partial charge < -0.3 is 10.7 Å². The first kappa shape index (κ1) is 13.8. The summed E-state index contributed by atoms with van der Waals surface area (Å²) in [4.78, 5) is 7.54. The molecule has 0 saturated carbocycles. The van der Waals surface area contributed by atoms with Crippen molar-refractivity contribution in [1.82, 2.24) is 9.97 Å². The van der Waals surface area contributed by atoms with Gasteiger partial charge in [-0.15, -0.1) is 0 Å². The van der Waals surface area contributed by atoms with Crippen molar-refractivity contribution in [2.45, 2.75) is 0 Å². The van der Waals surface area contributed by atoms with Crippen molar-refractivity contribution in [1.29, 1.82) is 0 Å². The van der Waals surface area contributed by atoms with Gasteiger partial charge in [0, 0.05) is 0 Å². The fourth-order valence-electron chi connectivity index (χ4n) is 1.93. The molecule has 3 nitrogen and oxygen atoms in total. The number of anilines is 1. The van der Waals surface area contributed by atoms with E-state index in [9.17, 15) is 0 Å². The number of nitrogens with zero attached hydrogens (tertiary/aromatic N) is 1. The number of benzene rings is 2. The quantitative estimate of drug-likeness (QED) is 0.577. The Bertz CT molecular complexity index is 787. The fraction of sp³-hybridized carbons (Fsp3) is 0. The molecular formula is C13H7Cl4N3. The minimum atomic E-state index is 0.371. The van der Waals surface area contributed by atoms with Crippen LogP contribution in [0.4, 0.5) is 5.69 Å². The molecular weight excluding hydrogens is 340 g/mol. The summed E-state index contributed by atoms with van der Waals surface area (Å²) in [6.07, 6.45) is 0. The van der Waals surface area contributed by atoms with E-state index >= 15 is 0 Å². The van der Waals surface area contributed by atoms with Crippen LogP contribution in [-0.4, -0.2) is 9.97 Å². The summed E-state index contributed by atoms with van der Waals surface area (Å²) in [7, 11) is 0. The van der Waals surface area contributed by atoms with Crippen molar-refractivity contribution >= 4 is 63.1 Å². The third kappa shape index (κ3) is 2.21. The number of H-pyrrole nitrogens is 1. The van der Waals surface area contributed by atoms with Crippen LogP contribution in [0.2, 0.25) is 20.1 Å². The van der Waals surface area contributed by atoms with Crippen LogP contribution in [0.15, 0.2) is 24.3 Å². The maximum atomic E-state index is 6.18. The number of aromatic nitrogens is 2. The first-order chi connectivity index (χ1) is 9.47. The second-order valence-corrected chi connectivity index (χ2v) is 5.82. The van der Waals surface area contributed by atoms with Gasteiger partial charge in [0.2, 0.25) is 0 Å². The van der Waals surface area contributed by atoms with Gasteiger partial charge in [-0.1, -0.05) is 46.4 Å². The predicted octanol–water partition coefficient (Wildman–Crippen LogP) is 5.43. The summed E-state index contributed by atoms with van der Waals surface area (Å²) in [6.45, 7) is 0. The van der Waals surface area contributed by atoms with Gasteiger partial charge in [0.25, 0.3) is 0 Å². The van der Waals surface area contributed by atoms with Crippen molar-refractivity contribution in [3.8, 4) is 11.4 Å². The standard InChI is InChI=1S/C13H7Cl4N3/c14-5-1-2-6(15)12(18)11(5)13-19-9-3-7(16)8(17)4-10(9)20-13/h1-4H,18H2,(H,19,20). The molecule has 0 unspecified atom stereocenters. The maximum absolute atomic E-state index is 6.18. The molecule has 0 aliphatic heterocycles. The lowest BCUT2D eigenvalue weighted by atomic mass is 10.1. The summed E-state index contributed by atoms with van der Waals surface area (Å²) in [5.74, 6) is 0.517. The molecule has 0 aliphatic carbocycles. The zero-order valence-corrected chi connectivity index (χ0v) is 12.9. The average molecular weight is 347 g/mol. The van der Waals surface area contributed by atoms with E-state index in [2.05, 4.69) is 9.97 Å². The molecule has 1 aromatic heterocycles. The van der Waals surface area contributed by atoms with Crippen molar-refractivity contribution in [3.05, 3.63) is 44.4 Å². The molecule has 3 aromatic rings. The number of imidazole rings is 1. The zero-order valence-electron chi connectivity index (χ0n) is 9.85. The molecule has 0 atom stereocenters. The summed E-state index contributed by atoms with van der Waals surface area (Å²) < 4.78 is 0. The minimum Gasteiger partial charge on any atom is -0.397 e. The van der Waals surface area contributed by atoms with E-state index < -0.39 is 0 Å². The molecule has 0 bridgehead atoms. The topological polar surface area (TPSA) is 54.7 Å². The number of nitrogens with one attached hydrogen (secondary N) is 1. The van der Waals surface area contributed by atoms with Gasteiger partial charge in [0.05, 0.1) is 42.4 Å². The third-order valence-corrected chi connectivity index (χ3v) is 4.27. The number of rotatable bonds is 1. The first-order valence-corrected chi connectivity index (χ1v) is 7.07. The van der Waals surface area contributed by atoms with E-state index in [-0.39, 0.29) is 0 Å². The Morgan fingerprint density at radius 1 is 0.900 bits per heavy atom. The van der Waals surface area contributed by atoms with Crippen LogP contribution in [0.3, 0.4) is 0 Å². The Labute approximate surface area is 134 Å². The van der Waals surface area contributed by atoms with Gasteiger partial charge in [-0.2, -0.15) is 0 Å². The molecule has 3 N–H and O–H groups in total. The van der Waals surface area contributed by atoms with E-state index in [1.807, 2.05) is 0 Å². The maximum Gasteiger partial charge on any atom is 0.142 e. The number of halogens is 4. The number of fused-ring (bicyclic) bond motifs is 1. The van der Waals surface area contributed by atoms with Crippen molar-refractivity contribution < 1.29 is 0 Å². The molecule has 7 heteroatoms. The average Bonchev–Trinajstić information content (AvgIpc) is 2.77. The van der Waals surface area contributed by atoms with Gasteiger partial charge in [0.1, 0.15) is 5.82 Å². The van der Waals surface area contributed by atoms with Gasteiger partial charge in [0.15, 0.2) is 0 Å². The lowest BCUT2D eigenvalue weighted by molar-refractivity contribution is 1.34. The number of hydrogen-bond acceptors (Lipinski definition) is 2. The summed E-state index contributed by atoms with van der Waals surface area (Å²) in [5.41, 5.74) is 8.31. The van der Waals surface area contributed by atoms with Crippen LogP contribution in [0, 0.1) is 0 Å². The van der Waals surface area contributed by atoms with Crippen LogP contribution in [0.25, 0.3) is 22.4 Å². The monoisotopic (exact) mass is 345 g/mol. The Balaban J connectivity index is 2.28. The lowest BCUT2D eigenvalue weighted by Crippen LogP contribution is -1.93. The van der Waals surface area contributed by atoms with Crippen LogP contribution in [-0.2, 0) is 0 Å². The van der Waals surface area contributed by atoms with Gasteiger partial charge in [-0.3, -0.25) is 0 Å². The highest BCUT2D eigenvalue weighted by molar-refractivity contribution is 6.42. The molecule has 102 valence electrons. The van der Waals surface area contributed by atoms with E-state index in [4.69, 9.17) is 52.1 Å². The highest BCUT2D eigenvalue weighted by Gasteiger charge is 2.15. The van der Waals surface area contributed by atoms with Crippen molar-refractivity contribution in [2.75, 3.05) is 5.73 Å². The normalized spacial score (nSPS) is 11.2. The highest BCUT2D eigenvalue weighted by atomic mass is 35.5. The summed E-state index contributed by atoms with van der Waals surface area (Å²) in [6, 6.07) is 6.68. The smallest absolute Gasteiger partial charge is 0.142 e. The molecule has 1 heterocycles. The highest BCUT2D eigenvalue weighted by Crippen LogP contribution is 2.37. The molecule has 2 aromatic carbocycles. The third-order valence-electron chi connectivity index (χ3n) is 2.90. The molecule has 20 heavy (non-hydrogen) atoms. The Morgan fingerprint density at radius 3 is 2.30 bits per heavy atom. The molecule has 0 aliphatic rings. The van der Waals surface area contributed by atoms with E-state index in [0.717, 1.165) is 5.52 Å². The van der Waals surface area contributed by atoms with Crippen molar-refractivity contribution in [2.24, 2.45) is 0 Å². The summed E-state index contributed by atoms with van der Waals surface area (Å²) in [5, 5.41) is 1.76.